The second-order valence-corrected chi connectivity index (χ2v) is 7.13. The van der Waals surface area contributed by atoms with E-state index in [4.69, 9.17) is 4.74 Å². The van der Waals surface area contributed by atoms with Gasteiger partial charge >= 0.3 is 6.09 Å². The third-order valence-corrected chi connectivity index (χ3v) is 3.59. The molecule has 0 aromatic carbocycles. The van der Waals surface area contributed by atoms with Gasteiger partial charge in [0.25, 0.3) is 0 Å². The van der Waals surface area contributed by atoms with Crippen molar-refractivity contribution in [3.63, 3.8) is 0 Å². The van der Waals surface area contributed by atoms with Crippen molar-refractivity contribution >= 4 is 33.7 Å². The van der Waals surface area contributed by atoms with Gasteiger partial charge < -0.3 is 10.1 Å². The fourth-order valence-corrected chi connectivity index (χ4v) is 2.59. The van der Waals surface area contributed by atoms with Crippen molar-refractivity contribution in [1.82, 2.24) is 9.88 Å². The van der Waals surface area contributed by atoms with Crippen LogP contribution in [0, 0.1) is 0 Å². The highest BCUT2D eigenvalue weighted by Crippen LogP contribution is 2.24. The van der Waals surface area contributed by atoms with Gasteiger partial charge in [0.2, 0.25) is 5.91 Å². The molecule has 1 saturated heterocycles. The van der Waals surface area contributed by atoms with Crippen LogP contribution in [0.15, 0.2) is 22.8 Å². The molecule has 1 N–H and O–H groups in total. The number of hydrogen-bond donors (Lipinski definition) is 1. The van der Waals surface area contributed by atoms with Crippen molar-refractivity contribution < 1.29 is 18.7 Å². The molecule has 2 unspecified atom stereocenters. The van der Waals surface area contributed by atoms with E-state index in [0.717, 1.165) is 4.90 Å². The van der Waals surface area contributed by atoms with E-state index in [9.17, 15) is 14.0 Å². The zero-order chi connectivity index (χ0) is 17.2. The molecular weight excluding hydrogens is 369 g/mol. The average molecular weight is 388 g/mol. The molecule has 1 aromatic rings. The maximum absolute atomic E-state index is 13.7. The minimum atomic E-state index is -1.26. The van der Waals surface area contributed by atoms with Crippen LogP contribution < -0.4 is 5.32 Å². The summed E-state index contributed by atoms with van der Waals surface area (Å²) in [6.07, 6.45) is -2.01. The summed E-state index contributed by atoms with van der Waals surface area (Å²) >= 11 is 3.21. The number of anilines is 1. The standard InChI is InChI=1S/C15H19BrFN3O3/c1-15(2,3)23-14(22)20-8-9(17)7-10(20)13(21)19-12-6-4-5-11(16)18-12/h4-6,9-10H,7-8H2,1-3H3,(H,18,19,21). The van der Waals surface area contributed by atoms with Crippen LogP contribution in [0.1, 0.15) is 27.2 Å². The van der Waals surface area contributed by atoms with Crippen LogP contribution in [0.5, 0.6) is 0 Å². The molecule has 0 bridgehead atoms. The molecule has 0 radical (unpaired) electrons. The van der Waals surface area contributed by atoms with Gasteiger partial charge in [-0.1, -0.05) is 6.07 Å². The van der Waals surface area contributed by atoms with E-state index < -0.39 is 29.8 Å². The number of alkyl halides is 1. The predicted octanol–water partition coefficient (Wildman–Crippen LogP) is 3.13. The summed E-state index contributed by atoms with van der Waals surface area (Å²) in [6.45, 7) is 5.00. The molecule has 6 nitrogen and oxygen atoms in total. The van der Waals surface area contributed by atoms with E-state index in [2.05, 4.69) is 26.2 Å². The van der Waals surface area contributed by atoms with E-state index >= 15 is 0 Å². The number of nitrogens with zero attached hydrogens (tertiary/aromatic N) is 2. The van der Waals surface area contributed by atoms with Gasteiger partial charge in [-0.25, -0.2) is 14.2 Å². The lowest BCUT2D eigenvalue weighted by atomic mass is 10.2. The minimum Gasteiger partial charge on any atom is -0.444 e. The van der Waals surface area contributed by atoms with Crippen molar-refractivity contribution in [2.75, 3.05) is 11.9 Å². The van der Waals surface area contributed by atoms with Gasteiger partial charge in [0, 0.05) is 6.42 Å². The molecule has 23 heavy (non-hydrogen) atoms. The summed E-state index contributed by atoms with van der Waals surface area (Å²) in [4.78, 5) is 29.7. The highest BCUT2D eigenvalue weighted by atomic mass is 79.9. The second-order valence-electron chi connectivity index (χ2n) is 6.32. The molecule has 1 aliphatic rings. The first-order valence-corrected chi connectivity index (χ1v) is 8.02. The molecule has 8 heteroatoms. The highest BCUT2D eigenvalue weighted by molar-refractivity contribution is 9.10. The Hall–Kier alpha value is -1.70. The maximum Gasteiger partial charge on any atom is 0.411 e. The van der Waals surface area contributed by atoms with E-state index in [1.54, 1.807) is 39.0 Å². The number of hydrogen-bond acceptors (Lipinski definition) is 4. The molecule has 2 amide bonds. The Balaban J connectivity index is 2.09. The third kappa shape index (κ3) is 4.89. The highest BCUT2D eigenvalue weighted by Gasteiger charge is 2.41. The molecule has 0 aliphatic carbocycles. The third-order valence-electron chi connectivity index (χ3n) is 3.15. The lowest BCUT2D eigenvalue weighted by Gasteiger charge is -2.27. The number of carbonyl (C=O) groups excluding carboxylic acids is 2. The Morgan fingerprint density at radius 1 is 1.43 bits per heavy atom. The Morgan fingerprint density at radius 3 is 2.74 bits per heavy atom. The predicted molar refractivity (Wildman–Crippen MR) is 86.8 cm³/mol. The lowest BCUT2D eigenvalue weighted by Crippen LogP contribution is -2.45. The van der Waals surface area contributed by atoms with Gasteiger partial charge in [-0.05, 0) is 48.8 Å². The Morgan fingerprint density at radius 2 is 2.13 bits per heavy atom. The minimum absolute atomic E-state index is 0.0565. The van der Waals surface area contributed by atoms with Gasteiger partial charge in [-0.3, -0.25) is 9.69 Å². The zero-order valence-corrected chi connectivity index (χ0v) is 14.8. The molecular formula is C15H19BrFN3O3. The van der Waals surface area contributed by atoms with E-state index in [0.29, 0.717) is 10.4 Å². The SMILES string of the molecule is CC(C)(C)OC(=O)N1CC(F)CC1C(=O)Nc1cccc(Br)n1. The quantitative estimate of drug-likeness (QED) is 0.791. The first-order chi connectivity index (χ1) is 10.7. The zero-order valence-electron chi connectivity index (χ0n) is 13.2. The Kier molecular flexibility index (Phi) is 5.23. The van der Waals surface area contributed by atoms with Crippen LogP contribution in [-0.2, 0) is 9.53 Å². The normalized spacial score (nSPS) is 21.2. The van der Waals surface area contributed by atoms with E-state index in [1.165, 1.54) is 0 Å². The Bertz CT molecular complexity index is 606. The summed E-state index contributed by atoms with van der Waals surface area (Å²) in [7, 11) is 0. The van der Waals surface area contributed by atoms with E-state index in [-0.39, 0.29) is 13.0 Å². The van der Waals surface area contributed by atoms with Crippen LogP contribution in [0.3, 0.4) is 0 Å². The second kappa shape index (κ2) is 6.82. The van der Waals surface area contributed by atoms with Gasteiger partial charge in [-0.2, -0.15) is 0 Å². The van der Waals surface area contributed by atoms with Crippen molar-refractivity contribution in [2.45, 2.75) is 45.0 Å². The number of ether oxygens (including phenoxy) is 1. The smallest absolute Gasteiger partial charge is 0.411 e. The van der Waals surface area contributed by atoms with Crippen molar-refractivity contribution in [3.8, 4) is 0 Å². The number of rotatable bonds is 2. The number of halogens is 2. The molecule has 1 aliphatic heterocycles. The lowest BCUT2D eigenvalue weighted by molar-refractivity contribution is -0.120. The number of carbonyl (C=O) groups is 2. The van der Waals surface area contributed by atoms with Gasteiger partial charge in [-0.15, -0.1) is 0 Å². The molecule has 126 valence electrons. The van der Waals surface area contributed by atoms with Crippen LogP contribution in [0.25, 0.3) is 0 Å². The Labute approximate surface area is 142 Å². The molecule has 0 spiro atoms. The summed E-state index contributed by atoms with van der Waals surface area (Å²) in [5, 5.41) is 2.60. The maximum atomic E-state index is 13.7. The average Bonchev–Trinajstić information content (AvgIpc) is 2.79. The van der Waals surface area contributed by atoms with Gasteiger partial charge in [0.15, 0.2) is 0 Å². The summed E-state index contributed by atoms with van der Waals surface area (Å²) in [6, 6.07) is 4.13. The van der Waals surface area contributed by atoms with Crippen molar-refractivity contribution in [1.29, 1.82) is 0 Å². The molecule has 0 saturated carbocycles. The van der Waals surface area contributed by atoms with Gasteiger partial charge in [0.05, 0.1) is 6.54 Å². The molecule has 2 atom stereocenters. The van der Waals surface area contributed by atoms with Crippen LogP contribution in [-0.4, -0.2) is 46.2 Å². The first kappa shape index (κ1) is 17.7. The van der Waals surface area contributed by atoms with Crippen molar-refractivity contribution in [2.24, 2.45) is 0 Å². The molecule has 1 aromatic heterocycles. The van der Waals surface area contributed by atoms with Crippen molar-refractivity contribution in [3.05, 3.63) is 22.8 Å². The number of pyridine rings is 1. The number of likely N-dealkylation sites (tertiary alicyclic amines) is 1. The number of aromatic nitrogens is 1. The first-order valence-electron chi connectivity index (χ1n) is 7.23. The largest absolute Gasteiger partial charge is 0.444 e. The molecule has 2 heterocycles. The summed E-state index contributed by atoms with van der Waals surface area (Å²) in [5.41, 5.74) is -0.710. The number of amides is 2. The summed E-state index contributed by atoms with van der Waals surface area (Å²) < 4.78 is 19.5. The van der Waals surface area contributed by atoms with Gasteiger partial charge in [0.1, 0.15) is 28.2 Å². The number of nitrogens with one attached hydrogen (secondary N) is 1. The fourth-order valence-electron chi connectivity index (χ4n) is 2.24. The van der Waals surface area contributed by atoms with Crippen LogP contribution in [0.2, 0.25) is 0 Å². The van der Waals surface area contributed by atoms with Crippen LogP contribution in [0.4, 0.5) is 15.0 Å². The fraction of sp³-hybridized carbons (Fsp3) is 0.533. The summed E-state index contributed by atoms with van der Waals surface area (Å²) in [5.74, 6) is -0.155. The molecule has 1 fully saturated rings. The van der Waals surface area contributed by atoms with E-state index in [1.807, 2.05) is 0 Å². The van der Waals surface area contributed by atoms with Crippen LogP contribution >= 0.6 is 15.9 Å². The topological polar surface area (TPSA) is 71.5 Å². The molecule has 2 rings (SSSR count). The monoisotopic (exact) mass is 387 g/mol.